The Hall–Kier alpha value is -1.39. The molecule has 0 aromatic heterocycles. The molecule has 0 bridgehead atoms. The van der Waals surface area contributed by atoms with Crippen molar-refractivity contribution in [3.63, 3.8) is 0 Å². The van der Waals surface area contributed by atoms with Gasteiger partial charge in [-0.2, -0.15) is 0 Å². The Balaban J connectivity index is 1.92. The number of aliphatic hydroxyl groups excluding tert-OH is 1. The van der Waals surface area contributed by atoms with Crippen LogP contribution in [-0.2, 0) is 11.3 Å². The third kappa shape index (κ3) is 4.79. The molecule has 1 saturated heterocycles. The van der Waals surface area contributed by atoms with Gasteiger partial charge in [-0.1, -0.05) is 30.3 Å². The topological polar surface area (TPSA) is 43.8 Å². The van der Waals surface area contributed by atoms with Crippen molar-refractivity contribution in [2.24, 2.45) is 5.92 Å². The van der Waals surface area contributed by atoms with Crippen LogP contribution >= 0.6 is 0 Å². The van der Waals surface area contributed by atoms with E-state index in [2.05, 4.69) is 17.0 Å². The highest BCUT2D eigenvalue weighted by Gasteiger charge is 2.30. The molecule has 1 aromatic rings. The monoisotopic (exact) mass is 318 g/mol. The second kappa shape index (κ2) is 8.46. The second-order valence-corrected chi connectivity index (χ2v) is 6.63. The number of rotatable bonds is 6. The molecule has 4 heteroatoms. The highest BCUT2D eigenvalue weighted by molar-refractivity contribution is 5.81. The Morgan fingerprint density at radius 2 is 1.87 bits per heavy atom. The van der Waals surface area contributed by atoms with Gasteiger partial charge in [-0.3, -0.25) is 9.69 Å². The van der Waals surface area contributed by atoms with Crippen molar-refractivity contribution in [1.29, 1.82) is 0 Å². The van der Waals surface area contributed by atoms with Crippen LogP contribution in [0.25, 0.3) is 0 Å². The van der Waals surface area contributed by atoms with Crippen LogP contribution in [0.1, 0.15) is 39.2 Å². The molecule has 0 spiro atoms. The number of likely N-dealkylation sites (tertiary alicyclic amines) is 1. The first-order chi connectivity index (χ1) is 11.0. The summed E-state index contributed by atoms with van der Waals surface area (Å²) in [5.74, 6) is 0.576. The van der Waals surface area contributed by atoms with Crippen molar-refractivity contribution in [1.82, 2.24) is 9.80 Å². The number of carbonyl (C=O) groups is 1. The first-order valence-corrected chi connectivity index (χ1v) is 8.77. The average Bonchev–Trinajstić information content (AvgIpc) is 2.59. The minimum atomic E-state index is -0.242. The van der Waals surface area contributed by atoms with Gasteiger partial charge >= 0.3 is 0 Å². The minimum absolute atomic E-state index is 0.0892. The number of benzene rings is 1. The summed E-state index contributed by atoms with van der Waals surface area (Å²) in [6.07, 6.45) is 1.70. The van der Waals surface area contributed by atoms with Gasteiger partial charge in [0.25, 0.3) is 0 Å². The number of aliphatic hydroxyl groups is 1. The number of likely N-dealkylation sites (N-methyl/N-ethyl adjacent to an activating group) is 1. The zero-order valence-corrected chi connectivity index (χ0v) is 14.6. The molecule has 2 unspecified atom stereocenters. The highest BCUT2D eigenvalue weighted by atomic mass is 16.3. The molecular weight excluding hydrogens is 288 g/mol. The van der Waals surface area contributed by atoms with Crippen LogP contribution in [0, 0.1) is 5.92 Å². The van der Waals surface area contributed by atoms with Crippen LogP contribution in [0.3, 0.4) is 0 Å². The maximum absolute atomic E-state index is 12.8. The summed E-state index contributed by atoms with van der Waals surface area (Å²) in [5, 5.41) is 9.71. The van der Waals surface area contributed by atoms with E-state index in [1.807, 2.05) is 43.9 Å². The lowest BCUT2D eigenvalue weighted by atomic mass is 9.91. The number of carbonyl (C=O) groups excluding carboxylic acids is 1. The minimum Gasteiger partial charge on any atom is -0.393 e. The Labute approximate surface area is 140 Å². The molecule has 1 aliphatic heterocycles. The first-order valence-electron chi connectivity index (χ1n) is 8.77. The van der Waals surface area contributed by atoms with Crippen LogP contribution in [0.2, 0.25) is 0 Å². The van der Waals surface area contributed by atoms with Crippen LogP contribution in [0.4, 0.5) is 0 Å². The first kappa shape index (κ1) is 18.0. The number of nitrogens with zero attached hydrogens (tertiary/aromatic N) is 2. The second-order valence-electron chi connectivity index (χ2n) is 6.63. The van der Waals surface area contributed by atoms with E-state index in [1.54, 1.807) is 0 Å². The summed E-state index contributed by atoms with van der Waals surface area (Å²) in [5.41, 5.74) is 1.17. The van der Waals surface area contributed by atoms with Crippen molar-refractivity contribution in [2.75, 3.05) is 19.6 Å². The third-order valence-electron chi connectivity index (χ3n) is 5.07. The largest absolute Gasteiger partial charge is 0.393 e. The van der Waals surface area contributed by atoms with Gasteiger partial charge in [0.05, 0.1) is 12.1 Å². The fourth-order valence-corrected chi connectivity index (χ4v) is 3.36. The van der Waals surface area contributed by atoms with Crippen molar-refractivity contribution in [3.8, 4) is 0 Å². The molecular formula is C19H30N2O2. The predicted octanol–water partition coefficient (Wildman–Crippen LogP) is 2.52. The van der Waals surface area contributed by atoms with E-state index < -0.39 is 0 Å². The van der Waals surface area contributed by atoms with Crippen molar-refractivity contribution >= 4 is 5.91 Å². The summed E-state index contributed by atoms with van der Waals surface area (Å²) in [7, 11) is 0. The molecule has 1 aromatic carbocycles. The van der Waals surface area contributed by atoms with Gasteiger partial charge < -0.3 is 10.0 Å². The van der Waals surface area contributed by atoms with E-state index in [0.717, 1.165) is 32.5 Å². The zero-order valence-electron chi connectivity index (χ0n) is 14.6. The van der Waals surface area contributed by atoms with Gasteiger partial charge in [-0.05, 0) is 58.2 Å². The fourth-order valence-electron chi connectivity index (χ4n) is 3.36. The molecule has 1 aliphatic rings. The summed E-state index contributed by atoms with van der Waals surface area (Å²) in [4.78, 5) is 17.0. The summed E-state index contributed by atoms with van der Waals surface area (Å²) in [6.45, 7) is 9.10. The van der Waals surface area contributed by atoms with Crippen molar-refractivity contribution < 1.29 is 9.90 Å². The Bertz CT molecular complexity index is 481. The van der Waals surface area contributed by atoms with Crippen LogP contribution in [0.5, 0.6) is 0 Å². The third-order valence-corrected chi connectivity index (χ3v) is 5.07. The number of hydrogen-bond donors (Lipinski definition) is 1. The Kier molecular flexibility index (Phi) is 6.60. The molecule has 23 heavy (non-hydrogen) atoms. The van der Waals surface area contributed by atoms with Crippen molar-refractivity contribution in [3.05, 3.63) is 35.9 Å². The van der Waals surface area contributed by atoms with Gasteiger partial charge in [-0.25, -0.2) is 0 Å². The van der Waals surface area contributed by atoms with E-state index in [1.165, 1.54) is 5.56 Å². The molecule has 0 saturated carbocycles. The van der Waals surface area contributed by atoms with Gasteiger partial charge in [-0.15, -0.1) is 0 Å². The van der Waals surface area contributed by atoms with E-state index in [9.17, 15) is 9.90 Å². The fraction of sp³-hybridized carbons (Fsp3) is 0.632. The zero-order chi connectivity index (χ0) is 16.8. The maximum atomic E-state index is 12.8. The van der Waals surface area contributed by atoms with E-state index in [0.29, 0.717) is 12.5 Å². The standard InChI is InChI=1S/C19H30N2O2/c1-4-20(14-17-8-6-5-7-9-17)19(23)15(2)21-12-10-18(11-13-21)16(3)22/h5-9,15-16,18,22H,4,10-14H2,1-3H3. The molecule has 0 aliphatic carbocycles. The lowest BCUT2D eigenvalue weighted by molar-refractivity contribution is -0.137. The summed E-state index contributed by atoms with van der Waals surface area (Å²) >= 11 is 0. The quantitative estimate of drug-likeness (QED) is 0.876. The molecule has 128 valence electrons. The molecule has 1 N–H and O–H groups in total. The van der Waals surface area contributed by atoms with Crippen LogP contribution < -0.4 is 0 Å². The van der Waals surface area contributed by atoms with Gasteiger partial charge in [0.1, 0.15) is 0 Å². The molecule has 1 fully saturated rings. The number of amides is 1. The van der Waals surface area contributed by atoms with Crippen molar-refractivity contribution in [2.45, 2.75) is 52.3 Å². The van der Waals surface area contributed by atoms with E-state index in [4.69, 9.17) is 0 Å². The number of piperidine rings is 1. The SMILES string of the molecule is CCN(Cc1ccccc1)C(=O)C(C)N1CCC(C(C)O)CC1. The maximum Gasteiger partial charge on any atom is 0.239 e. The normalized spacial score (nSPS) is 19.3. The van der Waals surface area contributed by atoms with Crippen LogP contribution in [0.15, 0.2) is 30.3 Å². The average molecular weight is 318 g/mol. The van der Waals surface area contributed by atoms with Gasteiger partial charge in [0.15, 0.2) is 0 Å². The molecule has 2 rings (SSSR count). The molecule has 1 heterocycles. The lowest BCUT2D eigenvalue weighted by Crippen LogP contribution is -2.50. The smallest absolute Gasteiger partial charge is 0.239 e. The molecule has 2 atom stereocenters. The Morgan fingerprint density at radius 3 is 2.39 bits per heavy atom. The highest BCUT2D eigenvalue weighted by Crippen LogP contribution is 2.22. The van der Waals surface area contributed by atoms with Gasteiger partial charge in [0, 0.05) is 13.1 Å². The lowest BCUT2D eigenvalue weighted by Gasteiger charge is -2.38. The molecule has 0 radical (unpaired) electrons. The summed E-state index contributed by atoms with van der Waals surface area (Å²) < 4.78 is 0. The molecule has 4 nitrogen and oxygen atoms in total. The van der Waals surface area contributed by atoms with Crippen LogP contribution in [-0.4, -0.2) is 52.6 Å². The number of hydrogen-bond acceptors (Lipinski definition) is 3. The van der Waals surface area contributed by atoms with E-state index >= 15 is 0 Å². The predicted molar refractivity (Wildman–Crippen MR) is 93.0 cm³/mol. The summed E-state index contributed by atoms with van der Waals surface area (Å²) in [6, 6.07) is 10.1. The molecule has 1 amide bonds. The van der Waals surface area contributed by atoms with E-state index in [-0.39, 0.29) is 18.1 Å². The van der Waals surface area contributed by atoms with Gasteiger partial charge in [0.2, 0.25) is 5.91 Å². The Morgan fingerprint density at radius 1 is 1.26 bits per heavy atom.